The summed E-state index contributed by atoms with van der Waals surface area (Å²) in [6.07, 6.45) is 0.0700. The van der Waals surface area contributed by atoms with E-state index >= 15 is 0 Å². The number of fused-ring (bicyclic) bond motifs is 1. The molecule has 80 valence electrons. The van der Waals surface area contributed by atoms with Gasteiger partial charge in [-0.05, 0) is 37.2 Å². The first kappa shape index (κ1) is 10.5. The van der Waals surface area contributed by atoms with Gasteiger partial charge in [-0.3, -0.25) is 0 Å². The molecule has 1 aliphatic rings. The Morgan fingerprint density at radius 3 is 3.00 bits per heavy atom. The molecule has 0 saturated carbocycles. The summed E-state index contributed by atoms with van der Waals surface area (Å²) in [5.41, 5.74) is 2.15. The maximum atomic E-state index is 5.43. The quantitative estimate of drug-likeness (QED) is 0.773. The van der Waals surface area contributed by atoms with E-state index in [0.717, 1.165) is 15.6 Å². The van der Waals surface area contributed by atoms with Gasteiger partial charge in [-0.1, -0.05) is 15.9 Å². The second-order valence-electron chi connectivity index (χ2n) is 3.64. The Hall–Kier alpha value is -1.03. The van der Waals surface area contributed by atoms with Gasteiger partial charge in [0.2, 0.25) is 0 Å². The third-order valence-electron chi connectivity index (χ3n) is 2.01. The molecule has 1 aliphatic heterocycles. The van der Waals surface area contributed by atoms with Gasteiger partial charge < -0.3 is 9.57 Å². The van der Waals surface area contributed by atoms with E-state index in [1.54, 1.807) is 0 Å². The van der Waals surface area contributed by atoms with E-state index in [-0.39, 0.29) is 6.10 Å². The lowest BCUT2D eigenvalue weighted by atomic mass is 10.1. The zero-order valence-corrected chi connectivity index (χ0v) is 10.2. The molecule has 0 unspecified atom stereocenters. The predicted octanol–water partition coefficient (Wildman–Crippen LogP) is 3.07. The van der Waals surface area contributed by atoms with Crippen molar-refractivity contribution in [3.63, 3.8) is 0 Å². The average molecular weight is 270 g/mol. The number of rotatable bonds is 2. The number of nitrogens with zero attached hydrogens (tertiary/aromatic N) is 1. The molecular formula is C11H12BrNO2. The van der Waals surface area contributed by atoms with Crippen molar-refractivity contribution in [2.45, 2.75) is 26.6 Å². The molecular weight excluding hydrogens is 258 g/mol. The number of ether oxygens (including phenoxy) is 1. The van der Waals surface area contributed by atoms with E-state index in [1.807, 2.05) is 32.0 Å². The minimum absolute atomic E-state index is 0.0700. The molecule has 0 spiro atoms. The molecule has 0 N–H and O–H groups in total. The zero-order chi connectivity index (χ0) is 10.8. The van der Waals surface area contributed by atoms with Crippen molar-refractivity contribution in [1.29, 1.82) is 0 Å². The molecule has 1 aromatic carbocycles. The van der Waals surface area contributed by atoms with Crippen molar-refractivity contribution in [3.05, 3.63) is 33.8 Å². The normalized spacial score (nSPS) is 16.7. The molecule has 0 fully saturated rings. The van der Waals surface area contributed by atoms with Crippen molar-refractivity contribution in [3.8, 4) is 0 Å². The van der Waals surface area contributed by atoms with Crippen LogP contribution in [0, 0.1) is 0 Å². The third kappa shape index (κ3) is 2.31. The minimum Gasteiger partial charge on any atom is -0.470 e. The van der Waals surface area contributed by atoms with Crippen molar-refractivity contribution >= 4 is 21.8 Å². The highest BCUT2D eigenvalue weighted by molar-refractivity contribution is 9.10. The van der Waals surface area contributed by atoms with E-state index in [2.05, 4.69) is 21.1 Å². The Morgan fingerprint density at radius 2 is 2.27 bits per heavy atom. The smallest absolute Gasteiger partial charge is 0.258 e. The second kappa shape index (κ2) is 4.23. The standard InChI is InChI=1S/C11H12BrNO2/c1-7(2)15-13-11-10-4-3-9(12)5-8(10)6-14-11/h3-5,7H,6H2,1-2H3/b13-11-. The summed E-state index contributed by atoms with van der Waals surface area (Å²) in [6, 6.07) is 5.99. The molecule has 0 aromatic heterocycles. The molecule has 0 saturated heterocycles. The van der Waals surface area contributed by atoms with Crippen molar-refractivity contribution in [2.24, 2.45) is 5.16 Å². The molecule has 0 atom stereocenters. The zero-order valence-electron chi connectivity index (χ0n) is 8.66. The predicted molar refractivity (Wildman–Crippen MR) is 61.7 cm³/mol. The lowest BCUT2D eigenvalue weighted by Crippen LogP contribution is -2.03. The average Bonchev–Trinajstić information content (AvgIpc) is 2.57. The number of halogens is 1. The summed E-state index contributed by atoms with van der Waals surface area (Å²) < 4.78 is 6.48. The fraction of sp³-hybridized carbons (Fsp3) is 0.364. The molecule has 0 bridgehead atoms. The fourth-order valence-corrected chi connectivity index (χ4v) is 1.75. The second-order valence-corrected chi connectivity index (χ2v) is 4.56. The van der Waals surface area contributed by atoms with Gasteiger partial charge >= 0.3 is 0 Å². The van der Waals surface area contributed by atoms with Crippen LogP contribution in [0.15, 0.2) is 27.8 Å². The third-order valence-corrected chi connectivity index (χ3v) is 2.50. The van der Waals surface area contributed by atoms with Crippen LogP contribution in [0.2, 0.25) is 0 Å². The van der Waals surface area contributed by atoms with Crippen LogP contribution < -0.4 is 0 Å². The van der Waals surface area contributed by atoms with Gasteiger partial charge in [0.25, 0.3) is 5.90 Å². The maximum absolute atomic E-state index is 5.43. The molecule has 15 heavy (non-hydrogen) atoms. The van der Waals surface area contributed by atoms with Gasteiger partial charge in [-0.15, -0.1) is 0 Å². The summed E-state index contributed by atoms with van der Waals surface area (Å²) in [5.74, 6) is 0.575. The van der Waals surface area contributed by atoms with Gasteiger partial charge in [0.15, 0.2) is 0 Å². The first-order valence-corrected chi connectivity index (χ1v) is 5.61. The monoisotopic (exact) mass is 269 g/mol. The van der Waals surface area contributed by atoms with E-state index in [1.165, 1.54) is 0 Å². The minimum atomic E-state index is 0.0700. The fourth-order valence-electron chi connectivity index (χ4n) is 1.34. The summed E-state index contributed by atoms with van der Waals surface area (Å²) in [6.45, 7) is 4.43. The van der Waals surface area contributed by atoms with Crippen LogP contribution in [-0.4, -0.2) is 12.0 Å². The summed E-state index contributed by atoms with van der Waals surface area (Å²) >= 11 is 3.42. The van der Waals surface area contributed by atoms with E-state index in [4.69, 9.17) is 9.57 Å². The molecule has 1 heterocycles. The molecule has 0 radical (unpaired) electrons. The van der Waals surface area contributed by atoms with Crippen LogP contribution in [0.25, 0.3) is 0 Å². The Bertz CT molecular complexity index is 402. The topological polar surface area (TPSA) is 30.8 Å². The van der Waals surface area contributed by atoms with Gasteiger partial charge in [0, 0.05) is 15.6 Å². The molecule has 1 aromatic rings. The van der Waals surface area contributed by atoms with Crippen LogP contribution in [0.5, 0.6) is 0 Å². The Kier molecular flexibility index (Phi) is 2.95. The van der Waals surface area contributed by atoms with Crippen LogP contribution in [0.1, 0.15) is 25.0 Å². The van der Waals surface area contributed by atoms with Crippen molar-refractivity contribution in [1.82, 2.24) is 0 Å². The highest BCUT2D eigenvalue weighted by atomic mass is 79.9. The van der Waals surface area contributed by atoms with Crippen LogP contribution in [0.4, 0.5) is 0 Å². The Balaban J connectivity index is 2.25. The SMILES string of the molecule is CC(C)O/N=C1\OCc2cc(Br)ccc21. The Labute approximate surface area is 97.2 Å². The first-order chi connectivity index (χ1) is 7.16. The number of oxime groups is 1. The molecule has 4 heteroatoms. The molecule has 2 rings (SSSR count). The highest BCUT2D eigenvalue weighted by Gasteiger charge is 2.20. The van der Waals surface area contributed by atoms with Crippen LogP contribution in [0.3, 0.4) is 0 Å². The van der Waals surface area contributed by atoms with Crippen LogP contribution >= 0.6 is 15.9 Å². The van der Waals surface area contributed by atoms with Gasteiger partial charge in [-0.2, -0.15) is 0 Å². The largest absolute Gasteiger partial charge is 0.470 e. The van der Waals surface area contributed by atoms with Crippen molar-refractivity contribution in [2.75, 3.05) is 0 Å². The van der Waals surface area contributed by atoms with E-state index in [9.17, 15) is 0 Å². The van der Waals surface area contributed by atoms with Crippen molar-refractivity contribution < 1.29 is 9.57 Å². The first-order valence-electron chi connectivity index (χ1n) is 4.82. The molecule has 3 nitrogen and oxygen atoms in total. The lowest BCUT2D eigenvalue weighted by molar-refractivity contribution is 0.0788. The summed E-state index contributed by atoms with van der Waals surface area (Å²) in [4.78, 5) is 5.16. The molecule has 0 amide bonds. The van der Waals surface area contributed by atoms with Crippen LogP contribution in [-0.2, 0) is 16.2 Å². The van der Waals surface area contributed by atoms with Gasteiger partial charge in [0.1, 0.15) is 12.7 Å². The number of hydrogen-bond donors (Lipinski definition) is 0. The Morgan fingerprint density at radius 1 is 1.47 bits per heavy atom. The molecule has 0 aliphatic carbocycles. The highest BCUT2D eigenvalue weighted by Crippen LogP contribution is 2.24. The number of benzene rings is 1. The van der Waals surface area contributed by atoms with Gasteiger partial charge in [0.05, 0.1) is 0 Å². The summed E-state index contributed by atoms with van der Waals surface area (Å²) in [7, 11) is 0. The number of hydrogen-bond acceptors (Lipinski definition) is 3. The van der Waals surface area contributed by atoms with E-state index in [0.29, 0.717) is 12.5 Å². The van der Waals surface area contributed by atoms with Gasteiger partial charge in [-0.25, -0.2) is 0 Å². The summed E-state index contributed by atoms with van der Waals surface area (Å²) in [5, 5.41) is 3.97. The lowest BCUT2D eigenvalue weighted by Gasteiger charge is -2.03. The maximum Gasteiger partial charge on any atom is 0.258 e. The van der Waals surface area contributed by atoms with E-state index < -0.39 is 0 Å².